The molecule has 1 aliphatic rings. The van der Waals surface area contributed by atoms with Gasteiger partial charge >= 0.3 is 5.97 Å². The van der Waals surface area contributed by atoms with Gasteiger partial charge < -0.3 is 9.84 Å². The number of carboxylic acid groups (broad SMARTS) is 1. The molecular formula is C19H12Br2FNO4S2. The van der Waals surface area contributed by atoms with Crippen molar-refractivity contribution in [2.75, 3.05) is 6.54 Å². The highest BCUT2D eigenvalue weighted by Crippen LogP contribution is 2.38. The number of amides is 1. The fraction of sp³-hybridized carbons (Fsp3) is 0.105. The van der Waals surface area contributed by atoms with Crippen molar-refractivity contribution in [1.29, 1.82) is 0 Å². The molecule has 29 heavy (non-hydrogen) atoms. The Bertz CT molecular complexity index is 1020. The maximum atomic E-state index is 13.8. The van der Waals surface area contributed by atoms with E-state index in [1.807, 2.05) is 0 Å². The molecule has 0 aromatic heterocycles. The van der Waals surface area contributed by atoms with Crippen LogP contribution in [0, 0.1) is 5.82 Å². The SMILES string of the molecule is O=C(O)CN1C(=O)/C(=C\c2cc(Br)c(OCc3ccccc3F)c(Br)c2)SC1=S. The number of rotatable bonds is 6. The molecule has 0 spiro atoms. The molecule has 2 aromatic carbocycles. The van der Waals surface area contributed by atoms with E-state index in [-0.39, 0.29) is 16.7 Å². The quantitative estimate of drug-likeness (QED) is 0.386. The first-order valence-corrected chi connectivity index (χ1v) is 10.9. The molecule has 0 radical (unpaired) electrons. The van der Waals surface area contributed by atoms with E-state index < -0.39 is 18.4 Å². The Labute approximate surface area is 192 Å². The number of carboxylic acids is 1. The van der Waals surface area contributed by atoms with Crippen molar-refractivity contribution in [3.63, 3.8) is 0 Å². The van der Waals surface area contributed by atoms with E-state index in [1.165, 1.54) is 6.07 Å². The van der Waals surface area contributed by atoms with Gasteiger partial charge in [0, 0.05) is 5.56 Å². The van der Waals surface area contributed by atoms with Crippen molar-refractivity contribution in [2.45, 2.75) is 6.61 Å². The van der Waals surface area contributed by atoms with E-state index in [0.29, 0.717) is 30.7 Å². The van der Waals surface area contributed by atoms with Gasteiger partial charge in [-0.3, -0.25) is 14.5 Å². The van der Waals surface area contributed by atoms with Crippen molar-refractivity contribution in [3.8, 4) is 5.75 Å². The first kappa shape index (κ1) is 21.9. The minimum atomic E-state index is -1.13. The Morgan fingerprint density at radius 1 is 1.28 bits per heavy atom. The van der Waals surface area contributed by atoms with Gasteiger partial charge in [0.15, 0.2) is 0 Å². The smallest absolute Gasteiger partial charge is 0.323 e. The predicted octanol–water partition coefficient (Wildman–Crippen LogP) is 5.22. The summed E-state index contributed by atoms with van der Waals surface area (Å²) in [5, 5.41) is 8.91. The number of aliphatic carboxylic acids is 1. The van der Waals surface area contributed by atoms with Gasteiger partial charge in [-0.15, -0.1) is 0 Å². The van der Waals surface area contributed by atoms with Gasteiger partial charge in [-0.05, 0) is 61.7 Å². The Morgan fingerprint density at radius 3 is 2.55 bits per heavy atom. The Morgan fingerprint density at radius 2 is 1.93 bits per heavy atom. The fourth-order valence-electron chi connectivity index (χ4n) is 2.49. The van der Waals surface area contributed by atoms with Crippen LogP contribution >= 0.6 is 55.8 Å². The minimum Gasteiger partial charge on any atom is -0.486 e. The number of halogens is 3. The lowest BCUT2D eigenvalue weighted by atomic mass is 10.2. The Balaban J connectivity index is 1.80. The number of hydrogen-bond donors (Lipinski definition) is 1. The van der Waals surface area contributed by atoms with Gasteiger partial charge in [0.25, 0.3) is 5.91 Å². The number of thioether (sulfide) groups is 1. The molecule has 5 nitrogen and oxygen atoms in total. The van der Waals surface area contributed by atoms with Crippen LogP contribution in [-0.4, -0.2) is 32.7 Å². The predicted molar refractivity (Wildman–Crippen MR) is 120 cm³/mol. The average Bonchev–Trinajstić information content (AvgIpc) is 2.89. The molecule has 0 atom stereocenters. The summed E-state index contributed by atoms with van der Waals surface area (Å²) in [7, 11) is 0. The Hall–Kier alpha value is -1.75. The highest BCUT2D eigenvalue weighted by Gasteiger charge is 2.33. The standard InChI is InChI=1S/C19H12Br2FNO4S2/c20-12-5-10(7-15-18(26)23(8-16(24)25)19(28)29-15)6-13(21)17(12)27-9-11-3-1-2-4-14(11)22/h1-7H,8-9H2,(H,24,25)/b15-7+. The lowest BCUT2D eigenvalue weighted by molar-refractivity contribution is -0.140. The van der Waals surface area contributed by atoms with Gasteiger partial charge in [-0.25, -0.2) is 4.39 Å². The molecular weight excluding hydrogens is 549 g/mol. The van der Waals surface area contributed by atoms with E-state index in [2.05, 4.69) is 31.9 Å². The van der Waals surface area contributed by atoms with Crippen LogP contribution in [0.2, 0.25) is 0 Å². The lowest BCUT2D eigenvalue weighted by Crippen LogP contribution is -2.33. The van der Waals surface area contributed by atoms with Crippen molar-refractivity contribution >= 4 is 78.1 Å². The van der Waals surface area contributed by atoms with Crippen LogP contribution in [0.3, 0.4) is 0 Å². The molecule has 3 rings (SSSR count). The van der Waals surface area contributed by atoms with Crippen LogP contribution in [0.5, 0.6) is 5.75 Å². The van der Waals surface area contributed by atoms with Gasteiger partial charge in [-0.2, -0.15) is 0 Å². The van der Waals surface area contributed by atoms with E-state index in [9.17, 15) is 14.0 Å². The normalized spacial score (nSPS) is 15.3. The third-order valence-corrected chi connectivity index (χ3v) is 6.37. The molecule has 1 N–H and O–H groups in total. The first-order valence-electron chi connectivity index (χ1n) is 8.08. The number of hydrogen-bond acceptors (Lipinski definition) is 5. The lowest BCUT2D eigenvalue weighted by Gasteiger charge is -2.12. The zero-order valence-corrected chi connectivity index (χ0v) is 19.3. The molecule has 0 saturated carbocycles. The first-order chi connectivity index (χ1) is 13.8. The summed E-state index contributed by atoms with van der Waals surface area (Å²) < 4.78 is 20.9. The number of nitrogens with zero attached hydrogens (tertiary/aromatic N) is 1. The molecule has 1 amide bonds. The number of thiocarbonyl (C=S) groups is 1. The summed E-state index contributed by atoms with van der Waals surface area (Å²) in [5.41, 5.74) is 1.11. The second-order valence-electron chi connectivity index (χ2n) is 5.86. The molecule has 0 bridgehead atoms. The number of ether oxygens (including phenoxy) is 1. The highest BCUT2D eigenvalue weighted by atomic mass is 79.9. The number of benzene rings is 2. The van der Waals surface area contributed by atoms with Crippen molar-refractivity contribution in [2.24, 2.45) is 0 Å². The highest BCUT2D eigenvalue weighted by molar-refractivity contribution is 9.11. The largest absolute Gasteiger partial charge is 0.486 e. The number of carbonyl (C=O) groups excluding carboxylic acids is 1. The summed E-state index contributed by atoms with van der Waals surface area (Å²) in [6, 6.07) is 9.83. The van der Waals surface area contributed by atoms with Gasteiger partial charge in [0.2, 0.25) is 0 Å². The zero-order valence-electron chi connectivity index (χ0n) is 14.5. The molecule has 1 fully saturated rings. The van der Waals surface area contributed by atoms with Gasteiger partial charge in [0.1, 0.15) is 29.0 Å². The zero-order chi connectivity index (χ0) is 21.1. The Kier molecular flexibility index (Phi) is 7.10. The second kappa shape index (κ2) is 9.38. The molecule has 1 aliphatic heterocycles. The molecule has 0 unspecified atom stereocenters. The maximum absolute atomic E-state index is 13.8. The van der Waals surface area contributed by atoms with E-state index in [0.717, 1.165) is 16.7 Å². The molecule has 1 saturated heterocycles. The number of carbonyl (C=O) groups is 2. The van der Waals surface area contributed by atoms with Crippen LogP contribution in [0.15, 0.2) is 50.2 Å². The van der Waals surface area contributed by atoms with Crippen molar-refractivity contribution in [1.82, 2.24) is 4.90 Å². The average molecular weight is 561 g/mol. The van der Waals surface area contributed by atoms with E-state index in [4.69, 9.17) is 22.1 Å². The minimum absolute atomic E-state index is 0.0526. The third kappa shape index (κ3) is 5.25. The fourth-order valence-corrected chi connectivity index (χ4v) is 5.19. The van der Waals surface area contributed by atoms with Crippen molar-refractivity contribution in [3.05, 3.63) is 67.2 Å². The van der Waals surface area contributed by atoms with Gasteiger partial charge in [0.05, 0.1) is 13.9 Å². The van der Waals surface area contributed by atoms with Crippen LogP contribution in [0.25, 0.3) is 6.08 Å². The molecule has 2 aromatic rings. The maximum Gasteiger partial charge on any atom is 0.323 e. The monoisotopic (exact) mass is 559 g/mol. The molecule has 0 aliphatic carbocycles. The summed E-state index contributed by atoms with van der Waals surface area (Å²) >= 11 is 13.0. The van der Waals surface area contributed by atoms with Crippen LogP contribution < -0.4 is 4.74 Å². The van der Waals surface area contributed by atoms with Crippen LogP contribution in [-0.2, 0) is 16.2 Å². The van der Waals surface area contributed by atoms with Crippen LogP contribution in [0.1, 0.15) is 11.1 Å². The topological polar surface area (TPSA) is 66.8 Å². The van der Waals surface area contributed by atoms with Crippen LogP contribution in [0.4, 0.5) is 4.39 Å². The molecule has 150 valence electrons. The van der Waals surface area contributed by atoms with E-state index in [1.54, 1.807) is 36.4 Å². The third-order valence-electron chi connectivity index (χ3n) is 3.82. The summed E-state index contributed by atoms with van der Waals surface area (Å²) in [6.07, 6.45) is 1.62. The summed E-state index contributed by atoms with van der Waals surface area (Å²) in [6.45, 7) is -0.421. The van der Waals surface area contributed by atoms with E-state index >= 15 is 0 Å². The summed E-state index contributed by atoms with van der Waals surface area (Å²) in [4.78, 5) is 24.7. The van der Waals surface area contributed by atoms with Gasteiger partial charge in [-0.1, -0.05) is 42.2 Å². The second-order valence-corrected chi connectivity index (χ2v) is 9.24. The molecule has 10 heteroatoms. The van der Waals surface area contributed by atoms with Crippen molar-refractivity contribution < 1.29 is 23.8 Å². The summed E-state index contributed by atoms with van der Waals surface area (Å²) in [5.74, 6) is -1.44. The molecule has 1 heterocycles.